The second-order valence-electron chi connectivity index (χ2n) is 3.76. The molecule has 1 nitrogen and oxygen atoms in total. The molecule has 0 bridgehead atoms. The first-order chi connectivity index (χ1) is 5.73. The Bertz CT molecular complexity index is 173. The highest BCUT2D eigenvalue weighted by atomic mass is 28.4. The quantitative estimate of drug-likeness (QED) is 0.633. The Balaban J connectivity index is 2.70. The Morgan fingerprint density at radius 3 is 2.75 bits per heavy atom. The van der Waals surface area contributed by atoms with E-state index in [1.54, 1.807) is 5.20 Å². The van der Waals surface area contributed by atoms with Crippen LogP contribution in [0.5, 0.6) is 0 Å². The lowest BCUT2D eigenvalue weighted by Crippen LogP contribution is -2.36. The molecule has 0 aromatic rings. The molecule has 1 atom stereocenters. The number of hydrogen-bond acceptors (Lipinski definition) is 1. The molecule has 1 aliphatic carbocycles. The molecule has 0 fully saturated rings. The van der Waals surface area contributed by atoms with Gasteiger partial charge in [-0.15, -0.1) is 0 Å². The maximum Gasteiger partial charge on any atom is 0.203 e. The molecule has 1 unspecified atom stereocenters. The van der Waals surface area contributed by atoms with Gasteiger partial charge in [-0.1, -0.05) is 18.2 Å². The van der Waals surface area contributed by atoms with Gasteiger partial charge in [-0.3, -0.25) is 0 Å². The van der Waals surface area contributed by atoms with Crippen molar-refractivity contribution in [2.75, 3.05) is 0 Å². The molecule has 0 aromatic heterocycles. The maximum atomic E-state index is 5.84. The van der Waals surface area contributed by atoms with Gasteiger partial charge in [0.25, 0.3) is 0 Å². The summed E-state index contributed by atoms with van der Waals surface area (Å²) in [4.78, 5) is 0. The minimum absolute atomic E-state index is 0.911. The molecular weight excluding hydrogens is 180 g/mol. The molecule has 0 spiro atoms. The van der Waals surface area contributed by atoms with E-state index in [-0.39, 0.29) is 0 Å². The van der Waals surface area contributed by atoms with Gasteiger partial charge in [0.05, 0.1) is 0 Å². The van der Waals surface area contributed by atoms with Gasteiger partial charge in [-0.25, -0.2) is 0 Å². The molecular formula is C9H20OSi2. The van der Waals surface area contributed by atoms with Crippen molar-refractivity contribution >= 4 is 18.8 Å². The predicted molar refractivity (Wildman–Crippen MR) is 59.7 cm³/mol. The molecule has 0 saturated carbocycles. The van der Waals surface area contributed by atoms with Crippen LogP contribution in [-0.2, 0) is 4.12 Å². The summed E-state index contributed by atoms with van der Waals surface area (Å²) < 4.78 is 5.84. The van der Waals surface area contributed by atoms with Crippen LogP contribution >= 0.6 is 0 Å². The molecule has 0 radical (unpaired) electrons. The SMILES string of the molecule is CC[Si](C)(O[SiH3])C1=CCCCC1. The molecule has 0 heterocycles. The van der Waals surface area contributed by atoms with Crippen LogP contribution in [-0.4, -0.2) is 18.8 Å². The monoisotopic (exact) mass is 200 g/mol. The second-order valence-corrected chi connectivity index (χ2v) is 9.21. The molecule has 70 valence electrons. The smallest absolute Gasteiger partial charge is 0.203 e. The normalized spacial score (nSPS) is 23.3. The van der Waals surface area contributed by atoms with Gasteiger partial charge < -0.3 is 4.12 Å². The average Bonchev–Trinajstić information content (AvgIpc) is 2.18. The van der Waals surface area contributed by atoms with E-state index in [9.17, 15) is 0 Å². The lowest BCUT2D eigenvalue weighted by molar-refractivity contribution is 0.595. The highest BCUT2D eigenvalue weighted by Crippen LogP contribution is 2.28. The standard InChI is InChI=1S/C9H20OSi2/c1-3-12(2,10-11)9-7-5-4-6-8-9/h7H,3-6,8H2,1-2,11H3. The van der Waals surface area contributed by atoms with Crippen molar-refractivity contribution in [3.8, 4) is 0 Å². The minimum atomic E-state index is -1.37. The molecule has 0 aromatic carbocycles. The lowest BCUT2D eigenvalue weighted by Gasteiger charge is -2.29. The second kappa shape index (κ2) is 4.39. The fraction of sp³-hybridized carbons (Fsp3) is 0.778. The fourth-order valence-corrected chi connectivity index (χ4v) is 5.76. The molecule has 0 N–H and O–H groups in total. The first-order valence-electron chi connectivity index (χ1n) is 4.97. The van der Waals surface area contributed by atoms with E-state index in [4.69, 9.17) is 4.12 Å². The van der Waals surface area contributed by atoms with E-state index in [2.05, 4.69) is 19.5 Å². The van der Waals surface area contributed by atoms with Crippen molar-refractivity contribution in [2.45, 2.75) is 45.2 Å². The summed E-state index contributed by atoms with van der Waals surface area (Å²) >= 11 is 0. The third kappa shape index (κ3) is 2.09. The van der Waals surface area contributed by atoms with E-state index < -0.39 is 8.32 Å². The van der Waals surface area contributed by atoms with Crippen molar-refractivity contribution < 1.29 is 4.12 Å². The van der Waals surface area contributed by atoms with Gasteiger partial charge in [0.15, 0.2) is 0 Å². The van der Waals surface area contributed by atoms with Gasteiger partial charge in [-0.05, 0) is 38.3 Å². The van der Waals surface area contributed by atoms with Crippen LogP contribution in [0.15, 0.2) is 11.3 Å². The third-order valence-corrected chi connectivity index (χ3v) is 9.86. The van der Waals surface area contributed by atoms with Crippen LogP contribution in [0.2, 0.25) is 12.6 Å². The van der Waals surface area contributed by atoms with Crippen LogP contribution in [0.4, 0.5) is 0 Å². The van der Waals surface area contributed by atoms with Crippen molar-refractivity contribution in [3.63, 3.8) is 0 Å². The predicted octanol–water partition coefficient (Wildman–Crippen LogP) is 1.92. The van der Waals surface area contributed by atoms with Crippen LogP contribution < -0.4 is 0 Å². The highest BCUT2D eigenvalue weighted by Gasteiger charge is 2.29. The van der Waals surface area contributed by atoms with Crippen LogP contribution in [0.25, 0.3) is 0 Å². The Morgan fingerprint density at radius 1 is 1.58 bits per heavy atom. The van der Waals surface area contributed by atoms with Gasteiger partial charge >= 0.3 is 0 Å². The van der Waals surface area contributed by atoms with E-state index in [0.29, 0.717) is 0 Å². The maximum absolute atomic E-state index is 5.84. The Morgan fingerprint density at radius 2 is 2.33 bits per heavy atom. The summed E-state index contributed by atoms with van der Waals surface area (Å²) in [5.41, 5.74) is 0. The Kier molecular flexibility index (Phi) is 3.74. The fourth-order valence-electron chi connectivity index (χ4n) is 1.82. The molecule has 1 aliphatic rings. The van der Waals surface area contributed by atoms with Crippen molar-refractivity contribution in [2.24, 2.45) is 0 Å². The van der Waals surface area contributed by atoms with Crippen LogP contribution in [0.1, 0.15) is 32.6 Å². The first-order valence-corrected chi connectivity index (χ1v) is 8.41. The van der Waals surface area contributed by atoms with Crippen molar-refractivity contribution in [1.29, 1.82) is 0 Å². The number of allylic oxidation sites excluding steroid dienone is 2. The zero-order valence-electron chi connectivity index (χ0n) is 8.52. The van der Waals surface area contributed by atoms with Gasteiger partial charge in [-0.2, -0.15) is 0 Å². The van der Waals surface area contributed by atoms with Gasteiger partial charge in [0.1, 0.15) is 10.5 Å². The molecule has 12 heavy (non-hydrogen) atoms. The largest absolute Gasteiger partial charge is 0.461 e. The summed E-state index contributed by atoms with van der Waals surface area (Å²) in [5, 5.41) is 1.69. The summed E-state index contributed by atoms with van der Waals surface area (Å²) in [6, 6.07) is 1.25. The zero-order valence-corrected chi connectivity index (χ0v) is 11.5. The average molecular weight is 200 g/mol. The van der Waals surface area contributed by atoms with E-state index in [0.717, 1.165) is 10.5 Å². The Labute approximate surface area is 79.9 Å². The van der Waals surface area contributed by atoms with Gasteiger partial charge in [0.2, 0.25) is 8.32 Å². The number of rotatable bonds is 3. The highest BCUT2D eigenvalue weighted by molar-refractivity contribution is 6.81. The minimum Gasteiger partial charge on any atom is -0.461 e. The lowest BCUT2D eigenvalue weighted by atomic mass is 10.1. The summed E-state index contributed by atoms with van der Waals surface area (Å²) in [5.74, 6) is 0. The van der Waals surface area contributed by atoms with Crippen molar-refractivity contribution in [3.05, 3.63) is 11.3 Å². The van der Waals surface area contributed by atoms with Crippen LogP contribution in [0, 0.1) is 0 Å². The van der Waals surface area contributed by atoms with E-state index >= 15 is 0 Å². The van der Waals surface area contributed by atoms with E-state index in [1.165, 1.54) is 31.7 Å². The molecule has 1 rings (SSSR count). The number of hydrogen-bond donors (Lipinski definition) is 0. The molecule has 3 heteroatoms. The molecule has 0 aliphatic heterocycles. The first kappa shape index (κ1) is 10.2. The third-order valence-electron chi connectivity index (χ3n) is 3.10. The van der Waals surface area contributed by atoms with Crippen molar-refractivity contribution in [1.82, 2.24) is 0 Å². The topological polar surface area (TPSA) is 9.23 Å². The zero-order chi connectivity index (χ0) is 9.03. The molecule has 0 amide bonds. The van der Waals surface area contributed by atoms with E-state index in [1.807, 2.05) is 0 Å². The van der Waals surface area contributed by atoms with Crippen LogP contribution in [0.3, 0.4) is 0 Å². The molecule has 0 saturated heterocycles. The van der Waals surface area contributed by atoms with Gasteiger partial charge in [0, 0.05) is 0 Å². The summed E-state index contributed by atoms with van der Waals surface area (Å²) in [7, 11) is -0.463. The Hall–Kier alpha value is 0.134. The summed E-state index contributed by atoms with van der Waals surface area (Å²) in [6.45, 7) is 4.65. The summed E-state index contributed by atoms with van der Waals surface area (Å²) in [6.07, 6.45) is 7.84.